The minimum absolute atomic E-state index is 0.338. The molecule has 0 bridgehead atoms. The van der Waals surface area contributed by atoms with Gasteiger partial charge >= 0.3 is 0 Å². The summed E-state index contributed by atoms with van der Waals surface area (Å²) >= 11 is 5.81. The Bertz CT molecular complexity index is 533. The molecule has 6 heteroatoms. The van der Waals surface area contributed by atoms with Crippen LogP contribution in [0.4, 0.5) is 4.39 Å². The van der Waals surface area contributed by atoms with Gasteiger partial charge in [-0.05, 0) is 30.7 Å². The van der Waals surface area contributed by atoms with E-state index in [1.165, 1.54) is 16.8 Å². The maximum atomic E-state index is 13.3. The number of hydrogen-bond acceptors (Lipinski definition) is 3. The summed E-state index contributed by atoms with van der Waals surface area (Å²) in [6.45, 7) is 5.83. The van der Waals surface area contributed by atoms with E-state index in [0.29, 0.717) is 23.2 Å². The Hall–Kier alpha value is -1.46. The normalized spacial score (nSPS) is 11.2. The number of nitrogens with one attached hydrogen (secondary N) is 1. The highest BCUT2D eigenvalue weighted by Crippen LogP contribution is 2.16. The number of hydrogen-bond donors (Lipinski definition) is 1. The van der Waals surface area contributed by atoms with Gasteiger partial charge in [0, 0.05) is 11.6 Å². The second kappa shape index (κ2) is 6.12. The van der Waals surface area contributed by atoms with Gasteiger partial charge in [0.05, 0.1) is 17.6 Å². The fourth-order valence-corrected chi connectivity index (χ4v) is 1.88. The molecule has 2 rings (SSSR count). The first-order chi connectivity index (χ1) is 9.04. The topological polar surface area (TPSA) is 42.7 Å². The zero-order chi connectivity index (χ0) is 13.8. The van der Waals surface area contributed by atoms with Crippen molar-refractivity contribution < 1.29 is 4.39 Å². The molecule has 1 N–H and O–H groups in total. The third-order valence-corrected chi connectivity index (χ3v) is 2.73. The first kappa shape index (κ1) is 14.0. The lowest BCUT2D eigenvalue weighted by Gasteiger charge is -2.04. The number of nitrogens with zero attached hydrogens (tertiary/aromatic N) is 3. The van der Waals surface area contributed by atoms with Crippen LogP contribution in [0.3, 0.4) is 0 Å². The molecule has 0 fully saturated rings. The Kier molecular flexibility index (Phi) is 4.50. The molecule has 0 atom stereocenters. The second-order valence-electron chi connectivity index (χ2n) is 4.81. The van der Waals surface area contributed by atoms with Gasteiger partial charge in [-0.2, -0.15) is 0 Å². The van der Waals surface area contributed by atoms with Gasteiger partial charge in [-0.25, -0.2) is 9.07 Å². The summed E-state index contributed by atoms with van der Waals surface area (Å²) in [7, 11) is 0. The van der Waals surface area contributed by atoms with Gasteiger partial charge in [0.2, 0.25) is 0 Å². The number of benzene rings is 1. The molecule has 0 aliphatic carbocycles. The van der Waals surface area contributed by atoms with E-state index in [1.807, 2.05) is 0 Å². The van der Waals surface area contributed by atoms with E-state index in [9.17, 15) is 4.39 Å². The Morgan fingerprint density at radius 1 is 1.37 bits per heavy atom. The minimum atomic E-state index is -0.391. The average molecular weight is 283 g/mol. The van der Waals surface area contributed by atoms with Crippen LogP contribution in [0, 0.1) is 11.7 Å². The summed E-state index contributed by atoms with van der Waals surface area (Å²) in [4.78, 5) is 0. The smallest absolute Gasteiger partial charge is 0.126 e. The molecule has 0 saturated carbocycles. The molecule has 0 amide bonds. The highest BCUT2D eigenvalue weighted by atomic mass is 35.5. The Labute approximate surface area is 116 Å². The molecular formula is C13H16ClFN4. The number of aromatic nitrogens is 3. The van der Waals surface area contributed by atoms with E-state index >= 15 is 0 Å². The molecule has 102 valence electrons. The Morgan fingerprint density at radius 3 is 2.84 bits per heavy atom. The first-order valence-corrected chi connectivity index (χ1v) is 6.51. The summed E-state index contributed by atoms with van der Waals surface area (Å²) in [5.41, 5.74) is 1.37. The fourth-order valence-electron chi connectivity index (χ4n) is 1.67. The monoisotopic (exact) mass is 282 g/mol. The predicted molar refractivity (Wildman–Crippen MR) is 72.9 cm³/mol. The molecule has 0 radical (unpaired) electrons. The van der Waals surface area contributed by atoms with Crippen molar-refractivity contribution in [1.82, 2.24) is 20.3 Å². The third kappa shape index (κ3) is 4.01. The van der Waals surface area contributed by atoms with Gasteiger partial charge < -0.3 is 5.32 Å². The number of halogens is 2. The van der Waals surface area contributed by atoms with Crippen LogP contribution in [-0.4, -0.2) is 21.5 Å². The van der Waals surface area contributed by atoms with Crippen LogP contribution in [0.25, 0.3) is 5.69 Å². The molecule has 4 nitrogen and oxygen atoms in total. The zero-order valence-electron chi connectivity index (χ0n) is 10.9. The standard InChI is InChI=1S/C13H16ClFN4/c1-9(2)6-16-7-12-8-19(18-17-12)13-4-10(14)3-11(15)5-13/h3-5,8-9,16H,6-7H2,1-2H3. The molecule has 1 heterocycles. The summed E-state index contributed by atoms with van der Waals surface area (Å²) in [6.07, 6.45) is 1.76. The van der Waals surface area contributed by atoms with Crippen LogP contribution in [0.5, 0.6) is 0 Å². The summed E-state index contributed by atoms with van der Waals surface area (Å²) in [5.74, 6) is 0.189. The molecule has 1 aromatic heterocycles. The predicted octanol–water partition coefficient (Wildman–Crippen LogP) is 2.81. The summed E-state index contributed by atoms with van der Waals surface area (Å²) in [6, 6.07) is 4.27. The summed E-state index contributed by atoms with van der Waals surface area (Å²) < 4.78 is 14.8. The highest BCUT2D eigenvalue weighted by Gasteiger charge is 2.05. The SMILES string of the molecule is CC(C)CNCc1cn(-c2cc(F)cc(Cl)c2)nn1. The average Bonchev–Trinajstić information content (AvgIpc) is 2.76. The van der Waals surface area contributed by atoms with Gasteiger partial charge in [0.15, 0.2) is 0 Å². The van der Waals surface area contributed by atoms with E-state index in [2.05, 4.69) is 29.5 Å². The Balaban J connectivity index is 2.07. The van der Waals surface area contributed by atoms with Crippen molar-refractivity contribution >= 4 is 11.6 Å². The lowest BCUT2D eigenvalue weighted by atomic mass is 10.2. The van der Waals surface area contributed by atoms with Crippen LogP contribution in [0.2, 0.25) is 5.02 Å². The van der Waals surface area contributed by atoms with E-state index in [1.54, 1.807) is 12.3 Å². The van der Waals surface area contributed by atoms with Gasteiger partial charge in [-0.3, -0.25) is 0 Å². The fraction of sp³-hybridized carbons (Fsp3) is 0.385. The van der Waals surface area contributed by atoms with Crippen molar-refractivity contribution in [2.24, 2.45) is 5.92 Å². The van der Waals surface area contributed by atoms with Crippen LogP contribution in [0.1, 0.15) is 19.5 Å². The van der Waals surface area contributed by atoms with Gasteiger partial charge in [0.25, 0.3) is 0 Å². The van der Waals surface area contributed by atoms with Crippen molar-refractivity contribution in [3.05, 3.63) is 40.9 Å². The van der Waals surface area contributed by atoms with Crippen LogP contribution < -0.4 is 5.32 Å². The molecule has 19 heavy (non-hydrogen) atoms. The van der Waals surface area contributed by atoms with E-state index in [-0.39, 0.29) is 0 Å². The van der Waals surface area contributed by atoms with Crippen molar-refractivity contribution in [1.29, 1.82) is 0 Å². The minimum Gasteiger partial charge on any atom is -0.311 e. The van der Waals surface area contributed by atoms with Gasteiger partial charge in [-0.1, -0.05) is 30.7 Å². The van der Waals surface area contributed by atoms with Crippen LogP contribution in [-0.2, 0) is 6.54 Å². The molecule has 0 aliphatic rings. The van der Waals surface area contributed by atoms with Crippen molar-refractivity contribution in [2.45, 2.75) is 20.4 Å². The van der Waals surface area contributed by atoms with E-state index in [4.69, 9.17) is 11.6 Å². The first-order valence-electron chi connectivity index (χ1n) is 6.13. The van der Waals surface area contributed by atoms with Gasteiger partial charge in [-0.15, -0.1) is 5.10 Å². The molecule has 0 spiro atoms. The molecule has 0 saturated heterocycles. The Morgan fingerprint density at radius 2 is 2.16 bits per heavy atom. The largest absolute Gasteiger partial charge is 0.311 e. The molecular weight excluding hydrogens is 267 g/mol. The van der Waals surface area contributed by atoms with Crippen LogP contribution >= 0.6 is 11.6 Å². The third-order valence-electron chi connectivity index (χ3n) is 2.51. The van der Waals surface area contributed by atoms with Gasteiger partial charge in [0.1, 0.15) is 5.82 Å². The highest BCUT2D eigenvalue weighted by molar-refractivity contribution is 6.30. The summed E-state index contributed by atoms with van der Waals surface area (Å²) in [5, 5.41) is 11.6. The lowest BCUT2D eigenvalue weighted by molar-refractivity contribution is 0.548. The maximum absolute atomic E-state index is 13.3. The van der Waals surface area contributed by atoms with Crippen molar-refractivity contribution in [3.63, 3.8) is 0 Å². The second-order valence-corrected chi connectivity index (χ2v) is 5.24. The van der Waals surface area contributed by atoms with E-state index < -0.39 is 5.82 Å². The lowest BCUT2D eigenvalue weighted by Crippen LogP contribution is -2.19. The zero-order valence-corrected chi connectivity index (χ0v) is 11.7. The maximum Gasteiger partial charge on any atom is 0.126 e. The van der Waals surface area contributed by atoms with Crippen LogP contribution in [0.15, 0.2) is 24.4 Å². The van der Waals surface area contributed by atoms with Crippen molar-refractivity contribution in [2.75, 3.05) is 6.54 Å². The van der Waals surface area contributed by atoms with Crippen molar-refractivity contribution in [3.8, 4) is 5.69 Å². The molecule has 2 aromatic rings. The molecule has 0 aliphatic heterocycles. The molecule has 0 unspecified atom stereocenters. The van der Waals surface area contributed by atoms with E-state index in [0.717, 1.165) is 12.2 Å². The quantitative estimate of drug-likeness (QED) is 0.917. The molecule has 1 aromatic carbocycles. The number of rotatable bonds is 5.